The van der Waals surface area contributed by atoms with E-state index in [-0.39, 0.29) is 36.5 Å². The van der Waals surface area contributed by atoms with Gasteiger partial charge < -0.3 is 9.42 Å². The van der Waals surface area contributed by atoms with Gasteiger partial charge in [0.1, 0.15) is 5.82 Å². The molecule has 3 aromatic rings. The number of hydrogen-bond acceptors (Lipinski definition) is 4. The van der Waals surface area contributed by atoms with Crippen LogP contribution in [0.1, 0.15) is 29.4 Å². The number of halogens is 4. The lowest BCUT2D eigenvalue weighted by molar-refractivity contribution is -0.137. The fraction of sp³-hybridized carbons (Fsp3) is 0.250. The summed E-state index contributed by atoms with van der Waals surface area (Å²) in [6, 6.07) is 10.5. The second-order valence-electron chi connectivity index (χ2n) is 6.84. The van der Waals surface area contributed by atoms with Crippen molar-refractivity contribution in [2.24, 2.45) is 0 Å². The summed E-state index contributed by atoms with van der Waals surface area (Å²) >= 11 is 0. The molecular formula is C20H15F4N3O2. The molecule has 0 aliphatic carbocycles. The van der Waals surface area contributed by atoms with Crippen molar-refractivity contribution in [1.29, 1.82) is 0 Å². The van der Waals surface area contributed by atoms with Gasteiger partial charge in [-0.2, -0.15) is 18.2 Å². The molecule has 1 aliphatic rings. The van der Waals surface area contributed by atoms with Crippen molar-refractivity contribution in [3.8, 4) is 11.4 Å². The number of nitrogens with zero attached hydrogens (tertiary/aromatic N) is 3. The van der Waals surface area contributed by atoms with Gasteiger partial charge in [-0.25, -0.2) is 4.39 Å². The smallest absolute Gasteiger partial charge is 0.339 e. The van der Waals surface area contributed by atoms with Gasteiger partial charge in [-0.15, -0.1) is 0 Å². The normalized spacial score (nSPS) is 17.2. The van der Waals surface area contributed by atoms with Crippen LogP contribution in [-0.2, 0) is 17.5 Å². The van der Waals surface area contributed by atoms with Crippen molar-refractivity contribution in [1.82, 2.24) is 15.0 Å². The van der Waals surface area contributed by atoms with Gasteiger partial charge in [0.15, 0.2) is 0 Å². The fourth-order valence-corrected chi connectivity index (χ4v) is 3.26. The molecule has 0 radical (unpaired) electrons. The maximum absolute atomic E-state index is 13.4. The fourth-order valence-electron chi connectivity index (χ4n) is 3.26. The summed E-state index contributed by atoms with van der Waals surface area (Å²) < 4.78 is 56.6. The number of alkyl halides is 3. The van der Waals surface area contributed by atoms with Crippen molar-refractivity contribution in [2.45, 2.75) is 25.1 Å². The highest BCUT2D eigenvalue weighted by Crippen LogP contribution is 2.31. The number of rotatable bonds is 4. The van der Waals surface area contributed by atoms with Gasteiger partial charge in [0.2, 0.25) is 17.6 Å². The third kappa shape index (κ3) is 4.13. The zero-order valence-corrected chi connectivity index (χ0v) is 15.0. The van der Waals surface area contributed by atoms with Crippen molar-refractivity contribution in [2.75, 3.05) is 6.54 Å². The van der Waals surface area contributed by atoms with Crippen LogP contribution in [0.5, 0.6) is 0 Å². The maximum atomic E-state index is 13.4. The zero-order valence-electron chi connectivity index (χ0n) is 15.0. The van der Waals surface area contributed by atoms with Gasteiger partial charge in [-0.05, 0) is 29.8 Å². The molecule has 2 heterocycles. The van der Waals surface area contributed by atoms with Gasteiger partial charge in [-0.3, -0.25) is 4.79 Å². The largest absolute Gasteiger partial charge is 0.416 e. The Labute approximate surface area is 162 Å². The quantitative estimate of drug-likeness (QED) is 0.604. The van der Waals surface area contributed by atoms with Crippen LogP contribution in [0, 0.1) is 5.82 Å². The Balaban J connectivity index is 1.44. The third-order valence-corrected chi connectivity index (χ3v) is 4.74. The monoisotopic (exact) mass is 405 g/mol. The minimum Gasteiger partial charge on any atom is -0.339 e. The SMILES string of the molecule is O=C1CC(c2nc(-c3cccc(F)c3)no2)CN1Cc1ccc(C(F)(F)F)cc1. The van der Waals surface area contributed by atoms with E-state index >= 15 is 0 Å². The van der Waals surface area contributed by atoms with E-state index < -0.39 is 17.6 Å². The number of aromatic nitrogens is 2. The number of hydrogen-bond donors (Lipinski definition) is 0. The van der Waals surface area contributed by atoms with Crippen LogP contribution in [-0.4, -0.2) is 27.5 Å². The van der Waals surface area contributed by atoms with Crippen LogP contribution < -0.4 is 0 Å². The molecule has 1 fully saturated rings. The van der Waals surface area contributed by atoms with Crippen molar-refractivity contribution in [3.05, 3.63) is 71.4 Å². The highest BCUT2D eigenvalue weighted by atomic mass is 19.4. The first-order chi connectivity index (χ1) is 13.8. The topological polar surface area (TPSA) is 59.2 Å². The van der Waals surface area contributed by atoms with E-state index in [1.807, 2.05) is 0 Å². The summed E-state index contributed by atoms with van der Waals surface area (Å²) in [5, 5.41) is 3.85. The van der Waals surface area contributed by atoms with E-state index in [0.717, 1.165) is 12.1 Å². The van der Waals surface area contributed by atoms with Crippen LogP contribution in [0.3, 0.4) is 0 Å². The summed E-state index contributed by atoms with van der Waals surface area (Å²) in [6.07, 6.45) is -4.24. The highest BCUT2D eigenvalue weighted by Gasteiger charge is 2.35. The number of likely N-dealkylation sites (tertiary alicyclic amines) is 1. The van der Waals surface area contributed by atoms with Crippen molar-refractivity contribution >= 4 is 5.91 Å². The molecule has 1 aromatic heterocycles. The molecule has 0 N–H and O–H groups in total. The summed E-state index contributed by atoms with van der Waals surface area (Å²) in [5.74, 6) is -0.402. The highest BCUT2D eigenvalue weighted by molar-refractivity contribution is 5.79. The lowest BCUT2D eigenvalue weighted by Gasteiger charge is -2.16. The van der Waals surface area contributed by atoms with Crippen molar-refractivity contribution < 1.29 is 26.9 Å². The molecule has 4 rings (SSSR count). The minimum atomic E-state index is -4.40. The molecular weight excluding hydrogens is 390 g/mol. The van der Waals surface area contributed by atoms with E-state index in [4.69, 9.17) is 4.52 Å². The predicted octanol–water partition coefficient (Wildman–Crippen LogP) is 4.41. The second-order valence-corrected chi connectivity index (χ2v) is 6.84. The molecule has 0 saturated carbocycles. The Morgan fingerprint density at radius 3 is 2.59 bits per heavy atom. The van der Waals surface area contributed by atoms with Crippen LogP contribution in [0.25, 0.3) is 11.4 Å². The molecule has 1 unspecified atom stereocenters. The first-order valence-electron chi connectivity index (χ1n) is 8.83. The Morgan fingerprint density at radius 2 is 1.90 bits per heavy atom. The van der Waals surface area contributed by atoms with Gasteiger partial charge in [-0.1, -0.05) is 29.4 Å². The Kier molecular flexibility index (Phi) is 4.81. The van der Waals surface area contributed by atoms with E-state index in [2.05, 4.69) is 10.1 Å². The number of carbonyl (C=O) groups is 1. The molecule has 5 nitrogen and oxygen atoms in total. The molecule has 2 aromatic carbocycles. The Bertz CT molecular complexity index is 1030. The minimum absolute atomic E-state index is 0.152. The number of carbonyl (C=O) groups excluding carboxylic acids is 1. The zero-order chi connectivity index (χ0) is 20.6. The third-order valence-electron chi connectivity index (χ3n) is 4.74. The molecule has 1 amide bonds. The van der Waals surface area contributed by atoms with E-state index in [1.54, 1.807) is 11.0 Å². The maximum Gasteiger partial charge on any atom is 0.416 e. The summed E-state index contributed by atoms with van der Waals surface area (Å²) in [5.41, 5.74) is 0.325. The Morgan fingerprint density at radius 1 is 1.14 bits per heavy atom. The molecule has 29 heavy (non-hydrogen) atoms. The summed E-state index contributed by atoms with van der Waals surface area (Å²) in [4.78, 5) is 18.1. The van der Waals surface area contributed by atoms with Gasteiger partial charge in [0, 0.05) is 25.1 Å². The van der Waals surface area contributed by atoms with E-state index in [0.29, 0.717) is 17.7 Å². The first kappa shape index (κ1) is 19.1. The van der Waals surface area contributed by atoms with Gasteiger partial charge >= 0.3 is 6.18 Å². The first-order valence-corrected chi connectivity index (χ1v) is 8.83. The Hall–Kier alpha value is -3.23. The summed E-state index contributed by atoms with van der Waals surface area (Å²) in [6.45, 7) is 0.503. The van der Waals surface area contributed by atoms with Gasteiger partial charge in [0.05, 0.1) is 11.5 Å². The number of benzene rings is 2. The lowest BCUT2D eigenvalue weighted by atomic mass is 10.1. The molecule has 0 bridgehead atoms. The van der Waals surface area contributed by atoms with Crippen molar-refractivity contribution in [3.63, 3.8) is 0 Å². The average molecular weight is 405 g/mol. The number of amides is 1. The predicted molar refractivity (Wildman–Crippen MR) is 93.9 cm³/mol. The van der Waals surface area contributed by atoms with Crippen LogP contribution >= 0.6 is 0 Å². The summed E-state index contributed by atoms with van der Waals surface area (Å²) in [7, 11) is 0. The van der Waals surface area contributed by atoms with Crippen LogP contribution in [0.15, 0.2) is 53.1 Å². The second kappa shape index (κ2) is 7.31. The lowest BCUT2D eigenvalue weighted by Crippen LogP contribution is -2.24. The van der Waals surface area contributed by atoms with E-state index in [1.165, 1.54) is 30.3 Å². The van der Waals surface area contributed by atoms with Gasteiger partial charge in [0.25, 0.3) is 0 Å². The van der Waals surface area contributed by atoms with Crippen LogP contribution in [0.2, 0.25) is 0 Å². The molecule has 1 saturated heterocycles. The van der Waals surface area contributed by atoms with E-state index in [9.17, 15) is 22.4 Å². The molecule has 0 spiro atoms. The standard InChI is InChI=1S/C20H15F4N3O2/c21-16-3-1-2-13(8-16)18-25-19(29-26-18)14-9-17(28)27(11-14)10-12-4-6-15(7-5-12)20(22,23)24/h1-8,14H,9-11H2. The molecule has 1 aliphatic heterocycles. The van der Waals surface area contributed by atoms with Crippen LogP contribution in [0.4, 0.5) is 17.6 Å². The average Bonchev–Trinajstić information content (AvgIpc) is 3.29. The molecule has 1 atom stereocenters. The molecule has 150 valence electrons. The molecule has 9 heteroatoms.